The lowest BCUT2D eigenvalue weighted by atomic mass is 10.1. The number of anilines is 1. The highest BCUT2D eigenvalue weighted by atomic mass is 79.9. The van der Waals surface area contributed by atoms with E-state index in [1.165, 1.54) is 4.90 Å². The van der Waals surface area contributed by atoms with E-state index in [9.17, 15) is 9.59 Å². The van der Waals surface area contributed by atoms with Gasteiger partial charge in [-0.05, 0) is 60.0 Å². The SMILES string of the molecule is Cc1cc(C)c(NC(=O)CN(C)C(=O)c2ccc(Br)o2)c(C)c1. The van der Waals surface area contributed by atoms with Crippen molar-refractivity contribution in [2.24, 2.45) is 0 Å². The third-order valence-corrected chi connectivity index (χ3v) is 3.88. The highest BCUT2D eigenvalue weighted by Crippen LogP contribution is 2.22. The highest BCUT2D eigenvalue weighted by Gasteiger charge is 2.18. The second kappa shape index (κ2) is 7.00. The van der Waals surface area contributed by atoms with E-state index in [1.54, 1.807) is 19.2 Å². The van der Waals surface area contributed by atoms with Gasteiger partial charge in [-0.1, -0.05) is 17.7 Å². The Bertz CT molecular complexity index is 729. The summed E-state index contributed by atoms with van der Waals surface area (Å²) in [5.41, 5.74) is 3.94. The van der Waals surface area contributed by atoms with Crippen molar-refractivity contribution in [2.45, 2.75) is 20.8 Å². The first-order valence-corrected chi connectivity index (χ1v) is 7.95. The second-order valence-electron chi connectivity index (χ2n) is 5.59. The summed E-state index contributed by atoms with van der Waals surface area (Å²) >= 11 is 3.15. The first-order valence-electron chi connectivity index (χ1n) is 7.16. The normalized spacial score (nSPS) is 10.5. The van der Waals surface area contributed by atoms with Gasteiger partial charge in [0.05, 0.1) is 6.54 Å². The molecule has 6 heteroatoms. The van der Waals surface area contributed by atoms with Crippen molar-refractivity contribution in [3.8, 4) is 0 Å². The minimum atomic E-state index is -0.344. The summed E-state index contributed by atoms with van der Waals surface area (Å²) < 4.78 is 5.69. The zero-order chi connectivity index (χ0) is 17.1. The number of carbonyl (C=O) groups is 2. The molecule has 2 amide bonds. The van der Waals surface area contributed by atoms with Crippen molar-refractivity contribution in [3.63, 3.8) is 0 Å². The molecule has 2 aromatic rings. The Kier molecular flexibility index (Phi) is 5.26. The molecule has 0 spiro atoms. The number of nitrogens with one attached hydrogen (secondary N) is 1. The Balaban J connectivity index is 2.03. The van der Waals surface area contributed by atoms with Crippen LogP contribution in [0.3, 0.4) is 0 Å². The van der Waals surface area contributed by atoms with E-state index < -0.39 is 0 Å². The molecule has 0 fully saturated rings. The van der Waals surface area contributed by atoms with Gasteiger partial charge in [-0.2, -0.15) is 0 Å². The third kappa shape index (κ3) is 4.22. The van der Waals surface area contributed by atoms with E-state index in [0.29, 0.717) is 4.67 Å². The van der Waals surface area contributed by atoms with Crippen molar-refractivity contribution in [2.75, 3.05) is 18.9 Å². The van der Waals surface area contributed by atoms with Gasteiger partial charge < -0.3 is 14.6 Å². The number of carbonyl (C=O) groups excluding carboxylic acids is 2. The van der Waals surface area contributed by atoms with Crippen LogP contribution < -0.4 is 5.32 Å². The molecule has 0 radical (unpaired) electrons. The fourth-order valence-corrected chi connectivity index (χ4v) is 2.77. The molecule has 0 unspecified atom stereocenters. The van der Waals surface area contributed by atoms with Gasteiger partial charge in [0, 0.05) is 12.7 Å². The van der Waals surface area contributed by atoms with Gasteiger partial charge in [-0.15, -0.1) is 0 Å². The van der Waals surface area contributed by atoms with Crippen LogP contribution in [0.15, 0.2) is 33.4 Å². The van der Waals surface area contributed by atoms with Gasteiger partial charge in [-0.25, -0.2) is 0 Å². The number of benzene rings is 1. The van der Waals surface area contributed by atoms with E-state index >= 15 is 0 Å². The van der Waals surface area contributed by atoms with Crippen molar-refractivity contribution in [1.29, 1.82) is 0 Å². The summed E-state index contributed by atoms with van der Waals surface area (Å²) in [6.45, 7) is 5.86. The molecule has 0 bridgehead atoms. The molecule has 1 aromatic heterocycles. The zero-order valence-electron chi connectivity index (χ0n) is 13.6. The minimum Gasteiger partial charge on any atom is -0.444 e. The molecule has 1 aromatic carbocycles. The van der Waals surface area contributed by atoms with Crippen molar-refractivity contribution < 1.29 is 14.0 Å². The largest absolute Gasteiger partial charge is 0.444 e. The Morgan fingerprint density at radius 1 is 1.17 bits per heavy atom. The second-order valence-corrected chi connectivity index (χ2v) is 6.37. The molecule has 122 valence electrons. The predicted molar refractivity (Wildman–Crippen MR) is 92.7 cm³/mol. The first-order chi connectivity index (χ1) is 10.8. The van der Waals surface area contributed by atoms with Crippen LogP contribution in [0.5, 0.6) is 0 Å². The van der Waals surface area contributed by atoms with Gasteiger partial charge in [0.2, 0.25) is 5.91 Å². The van der Waals surface area contributed by atoms with Crippen LogP contribution in [-0.4, -0.2) is 30.3 Å². The monoisotopic (exact) mass is 378 g/mol. The van der Waals surface area contributed by atoms with E-state index in [-0.39, 0.29) is 24.1 Å². The molecular weight excluding hydrogens is 360 g/mol. The smallest absolute Gasteiger partial charge is 0.289 e. The van der Waals surface area contributed by atoms with Gasteiger partial charge in [-0.3, -0.25) is 9.59 Å². The maximum Gasteiger partial charge on any atom is 0.289 e. The molecule has 23 heavy (non-hydrogen) atoms. The number of halogens is 1. The van der Waals surface area contributed by atoms with E-state index in [0.717, 1.165) is 22.4 Å². The number of furan rings is 1. The molecule has 0 aliphatic heterocycles. The third-order valence-electron chi connectivity index (χ3n) is 3.45. The predicted octanol–water partition coefficient (Wildman–Crippen LogP) is 3.68. The Labute approximate surface area is 143 Å². The van der Waals surface area contributed by atoms with Gasteiger partial charge in [0.15, 0.2) is 10.4 Å². The van der Waals surface area contributed by atoms with Crippen molar-refractivity contribution in [3.05, 3.63) is 51.4 Å². The molecule has 1 heterocycles. The zero-order valence-corrected chi connectivity index (χ0v) is 15.2. The fourth-order valence-electron chi connectivity index (χ4n) is 2.46. The number of aryl methyl sites for hydroxylation is 3. The highest BCUT2D eigenvalue weighted by molar-refractivity contribution is 9.10. The Morgan fingerprint density at radius 2 is 1.78 bits per heavy atom. The number of amides is 2. The molecule has 0 saturated heterocycles. The molecule has 5 nitrogen and oxygen atoms in total. The average Bonchev–Trinajstić information content (AvgIpc) is 2.88. The number of hydrogen-bond donors (Lipinski definition) is 1. The molecule has 0 aliphatic carbocycles. The lowest BCUT2D eigenvalue weighted by Gasteiger charge is -2.17. The molecule has 2 rings (SSSR count). The van der Waals surface area contributed by atoms with Crippen LogP contribution >= 0.6 is 15.9 Å². The van der Waals surface area contributed by atoms with Gasteiger partial charge in [0.1, 0.15) is 0 Å². The van der Waals surface area contributed by atoms with Crippen LogP contribution in [0.2, 0.25) is 0 Å². The van der Waals surface area contributed by atoms with Crippen LogP contribution in [0, 0.1) is 20.8 Å². The van der Waals surface area contributed by atoms with Crippen LogP contribution in [0.1, 0.15) is 27.2 Å². The number of hydrogen-bond acceptors (Lipinski definition) is 3. The Hall–Kier alpha value is -2.08. The standard InChI is InChI=1S/C17H19BrN2O3/c1-10-7-11(2)16(12(3)8-10)19-15(21)9-20(4)17(22)13-5-6-14(18)23-13/h5-8H,9H2,1-4H3,(H,19,21). The summed E-state index contributed by atoms with van der Waals surface area (Å²) in [4.78, 5) is 25.7. The molecule has 0 atom stereocenters. The van der Waals surface area contributed by atoms with Crippen molar-refractivity contribution >= 4 is 33.4 Å². The van der Waals surface area contributed by atoms with Crippen LogP contribution in [-0.2, 0) is 4.79 Å². The van der Waals surface area contributed by atoms with Crippen molar-refractivity contribution in [1.82, 2.24) is 4.90 Å². The molecule has 0 saturated carbocycles. The maximum atomic E-state index is 12.2. The molecule has 0 aliphatic rings. The summed E-state index contributed by atoms with van der Waals surface area (Å²) in [6, 6.07) is 7.23. The lowest BCUT2D eigenvalue weighted by Crippen LogP contribution is -2.35. The summed E-state index contributed by atoms with van der Waals surface area (Å²) in [5, 5.41) is 2.88. The fraction of sp³-hybridized carbons (Fsp3) is 0.294. The van der Waals surface area contributed by atoms with Crippen LogP contribution in [0.4, 0.5) is 5.69 Å². The maximum absolute atomic E-state index is 12.2. The number of nitrogens with zero attached hydrogens (tertiary/aromatic N) is 1. The molecule has 1 N–H and O–H groups in total. The van der Waals surface area contributed by atoms with E-state index in [1.807, 2.05) is 32.9 Å². The quantitative estimate of drug-likeness (QED) is 0.882. The van der Waals surface area contributed by atoms with E-state index in [4.69, 9.17) is 4.42 Å². The lowest BCUT2D eigenvalue weighted by molar-refractivity contribution is -0.116. The summed E-state index contributed by atoms with van der Waals surface area (Å²) in [6.07, 6.45) is 0. The van der Waals surface area contributed by atoms with Gasteiger partial charge >= 0.3 is 0 Å². The van der Waals surface area contributed by atoms with Gasteiger partial charge in [0.25, 0.3) is 5.91 Å². The summed E-state index contributed by atoms with van der Waals surface area (Å²) in [7, 11) is 1.56. The summed E-state index contributed by atoms with van der Waals surface area (Å²) in [5.74, 6) is -0.403. The Morgan fingerprint density at radius 3 is 2.30 bits per heavy atom. The number of likely N-dealkylation sites (N-methyl/N-ethyl adjacent to an activating group) is 1. The topological polar surface area (TPSA) is 62.6 Å². The minimum absolute atomic E-state index is 0.0517. The first kappa shape index (κ1) is 17.3. The van der Waals surface area contributed by atoms with Crippen LogP contribution in [0.25, 0.3) is 0 Å². The molecular formula is C17H19BrN2O3. The number of rotatable bonds is 4. The average molecular weight is 379 g/mol. The van der Waals surface area contributed by atoms with E-state index in [2.05, 4.69) is 21.2 Å².